The zero-order valence-electron chi connectivity index (χ0n) is 11.1. The van der Waals surface area contributed by atoms with Gasteiger partial charge >= 0.3 is 5.97 Å². The maximum atomic E-state index is 12.2. The van der Waals surface area contributed by atoms with Gasteiger partial charge < -0.3 is 10.0 Å². The van der Waals surface area contributed by atoms with Gasteiger partial charge in [-0.05, 0) is 25.3 Å². The molecule has 0 saturated carbocycles. The van der Waals surface area contributed by atoms with E-state index in [1.807, 2.05) is 31.2 Å². The zero-order chi connectivity index (χ0) is 13.8. The summed E-state index contributed by atoms with van der Waals surface area (Å²) in [5, 5.41) is 9.03. The maximum Gasteiger partial charge on any atom is 0.308 e. The van der Waals surface area contributed by atoms with Gasteiger partial charge in [0.1, 0.15) is 0 Å². The number of likely N-dealkylation sites (tertiary alicyclic amines) is 1. The highest BCUT2D eigenvalue weighted by Gasteiger charge is 2.27. The summed E-state index contributed by atoms with van der Waals surface area (Å²) in [6, 6.07) is 7.86. The Morgan fingerprint density at radius 2 is 2.21 bits per heavy atom. The standard InChI is InChI=1S/C15H19NO3/c1-11-4-2-5-12(8-11)9-14(17)16-7-3-6-13(10-16)15(18)19/h2,4-5,8,13H,3,6-7,9-10H2,1H3,(H,18,19). The number of amides is 1. The van der Waals surface area contributed by atoms with Crippen LogP contribution in [-0.2, 0) is 16.0 Å². The molecule has 0 bridgehead atoms. The van der Waals surface area contributed by atoms with Crippen LogP contribution in [0.1, 0.15) is 24.0 Å². The molecule has 2 rings (SSSR count). The van der Waals surface area contributed by atoms with Crippen molar-refractivity contribution in [2.24, 2.45) is 5.92 Å². The molecule has 102 valence electrons. The first-order valence-electron chi connectivity index (χ1n) is 6.62. The average molecular weight is 261 g/mol. The van der Waals surface area contributed by atoms with Gasteiger partial charge in [-0.2, -0.15) is 0 Å². The number of aliphatic carboxylic acids is 1. The average Bonchev–Trinajstić information content (AvgIpc) is 2.39. The molecule has 4 heteroatoms. The molecule has 1 heterocycles. The molecule has 1 aliphatic rings. The summed E-state index contributed by atoms with van der Waals surface area (Å²) in [5.74, 6) is -1.18. The normalized spacial score (nSPS) is 19.2. The molecule has 0 aromatic heterocycles. The topological polar surface area (TPSA) is 57.6 Å². The van der Waals surface area contributed by atoms with Crippen LogP contribution in [0.15, 0.2) is 24.3 Å². The molecule has 0 radical (unpaired) electrons. The van der Waals surface area contributed by atoms with E-state index in [1.165, 1.54) is 0 Å². The predicted molar refractivity (Wildman–Crippen MR) is 71.8 cm³/mol. The van der Waals surface area contributed by atoms with Gasteiger partial charge in [0.2, 0.25) is 5.91 Å². The Morgan fingerprint density at radius 3 is 2.89 bits per heavy atom. The van der Waals surface area contributed by atoms with Gasteiger partial charge in [-0.25, -0.2) is 0 Å². The molecular formula is C15H19NO3. The monoisotopic (exact) mass is 261 g/mol. The van der Waals surface area contributed by atoms with Crippen molar-refractivity contribution in [2.45, 2.75) is 26.2 Å². The lowest BCUT2D eigenvalue weighted by molar-refractivity contribution is -0.145. The first-order valence-corrected chi connectivity index (χ1v) is 6.62. The van der Waals surface area contributed by atoms with E-state index in [2.05, 4.69) is 0 Å². The minimum absolute atomic E-state index is 0.0246. The van der Waals surface area contributed by atoms with Crippen LogP contribution < -0.4 is 0 Å². The summed E-state index contributed by atoms with van der Waals surface area (Å²) in [6.45, 7) is 3.02. The van der Waals surface area contributed by atoms with E-state index in [0.29, 0.717) is 25.9 Å². The molecule has 1 atom stereocenters. The summed E-state index contributed by atoms with van der Waals surface area (Å²) in [4.78, 5) is 24.9. The van der Waals surface area contributed by atoms with Crippen LogP contribution in [0.4, 0.5) is 0 Å². The Hall–Kier alpha value is -1.84. The van der Waals surface area contributed by atoms with Crippen molar-refractivity contribution in [3.05, 3.63) is 35.4 Å². The van der Waals surface area contributed by atoms with Crippen molar-refractivity contribution in [2.75, 3.05) is 13.1 Å². The van der Waals surface area contributed by atoms with Crippen molar-refractivity contribution >= 4 is 11.9 Å². The minimum Gasteiger partial charge on any atom is -0.481 e. The first kappa shape index (κ1) is 13.6. The Bertz CT molecular complexity index is 484. The summed E-state index contributed by atoms with van der Waals surface area (Å²) in [7, 11) is 0. The molecule has 1 fully saturated rings. The number of carbonyl (C=O) groups is 2. The molecule has 4 nitrogen and oxygen atoms in total. The Kier molecular flexibility index (Phi) is 4.20. The molecule has 1 N–H and O–H groups in total. The van der Waals surface area contributed by atoms with Gasteiger partial charge in [0.05, 0.1) is 12.3 Å². The third kappa shape index (κ3) is 3.56. The second-order valence-electron chi connectivity index (χ2n) is 5.18. The first-order chi connectivity index (χ1) is 9.06. The van der Waals surface area contributed by atoms with E-state index in [4.69, 9.17) is 5.11 Å². The summed E-state index contributed by atoms with van der Waals surface area (Å²) >= 11 is 0. The van der Waals surface area contributed by atoms with Crippen molar-refractivity contribution in [3.63, 3.8) is 0 Å². The fraction of sp³-hybridized carbons (Fsp3) is 0.467. The number of carboxylic acid groups (broad SMARTS) is 1. The molecule has 1 amide bonds. The van der Waals surface area contributed by atoms with Gasteiger partial charge in [-0.1, -0.05) is 29.8 Å². The number of aryl methyl sites for hydroxylation is 1. The number of nitrogens with zero attached hydrogens (tertiary/aromatic N) is 1. The van der Waals surface area contributed by atoms with Crippen LogP contribution in [0.3, 0.4) is 0 Å². The highest BCUT2D eigenvalue weighted by molar-refractivity contribution is 5.80. The second kappa shape index (κ2) is 5.87. The Balaban J connectivity index is 1.98. The molecule has 0 aliphatic carbocycles. The van der Waals surface area contributed by atoms with Crippen molar-refractivity contribution < 1.29 is 14.7 Å². The number of benzene rings is 1. The number of hydrogen-bond donors (Lipinski definition) is 1. The molecule has 1 aromatic carbocycles. The molecule has 1 unspecified atom stereocenters. The Morgan fingerprint density at radius 1 is 1.42 bits per heavy atom. The van der Waals surface area contributed by atoms with Crippen molar-refractivity contribution in [3.8, 4) is 0 Å². The lowest BCUT2D eigenvalue weighted by Crippen LogP contribution is -2.42. The van der Waals surface area contributed by atoms with E-state index < -0.39 is 11.9 Å². The highest BCUT2D eigenvalue weighted by Crippen LogP contribution is 2.18. The van der Waals surface area contributed by atoms with Crippen LogP contribution in [0, 0.1) is 12.8 Å². The molecular weight excluding hydrogens is 242 g/mol. The minimum atomic E-state index is -0.798. The second-order valence-corrected chi connectivity index (χ2v) is 5.18. The molecule has 1 aromatic rings. The SMILES string of the molecule is Cc1cccc(CC(=O)N2CCCC(C(=O)O)C2)c1. The Labute approximate surface area is 113 Å². The molecule has 0 spiro atoms. The number of carboxylic acids is 1. The highest BCUT2D eigenvalue weighted by atomic mass is 16.4. The summed E-state index contributed by atoms with van der Waals surface area (Å²) in [6.07, 6.45) is 1.80. The quantitative estimate of drug-likeness (QED) is 0.903. The van der Waals surface area contributed by atoms with Gasteiger partial charge in [0.15, 0.2) is 0 Å². The van der Waals surface area contributed by atoms with Gasteiger partial charge in [-0.3, -0.25) is 9.59 Å². The van der Waals surface area contributed by atoms with Crippen molar-refractivity contribution in [1.82, 2.24) is 4.90 Å². The smallest absolute Gasteiger partial charge is 0.308 e. The van der Waals surface area contributed by atoms with Crippen molar-refractivity contribution in [1.29, 1.82) is 0 Å². The van der Waals surface area contributed by atoms with E-state index in [0.717, 1.165) is 17.5 Å². The number of hydrogen-bond acceptors (Lipinski definition) is 2. The molecule has 1 aliphatic heterocycles. The lowest BCUT2D eigenvalue weighted by atomic mass is 9.97. The number of piperidine rings is 1. The number of carbonyl (C=O) groups excluding carboxylic acids is 1. The molecule has 19 heavy (non-hydrogen) atoms. The fourth-order valence-electron chi connectivity index (χ4n) is 2.51. The van der Waals surface area contributed by atoms with Gasteiger partial charge in [0, 0.05) is 13.1 Å². The van der Waals surface area contributed by atoms with Gasteiger partial charge in [0.25, 0.3) is 0 Å². The van der Waals surface area contributed by atoms with E-state index in [9.17, 15) is 9.59 Å². The van der Waals surface area contributed by atoms with Crippen LogP contribution in [-0.4, -0.2) is 35.0 Å². The van der Waals surface area contributed by atoms with Crippen LogP contribution in [0.25, 0.3) is 0 Å². The predicted octanol–water partition coefficient (Wildman–Crippen LogP) is 1.86. The maximum absolute atomic E-state index is 12.2. The third-order valence-corrected chi connectivity index (χ3v) is 3.56. The van der Waals surface area contributed by atoms with E-state index in [-0.39, 0.29) is 5.91 Å². The fourth-order valence-corrected chi connectivity index (χ4v) is 2.51. The zero-order valence-corrected chi connectivity index (χ0v) is 11.1. The van der Waals surface area contributed by atoms with Gasteiger partial charge in [-0.15, -0.1) is 0 Å². The van der Waals surface area contributed by atoms with E-state index >= 15 is 0 Å². The molecule has 1 saturated heterocycles. The van der Waals surface area contributed by atoms with Crippen LogP contribution in [0.2, 0.25) is 0 Å². The third-order valence-electron chi connectivity index (χ3n) is 3.56. The summed E-state index contributed by atoms with van der Waals surface area (Å²) < 4.78 is 0. The number of rotatable bonds is 3. The van der Waals surface area contributed by atoms with Crippen LogP contribution in [0.5, 0.6) is 0 Å². The lowest BCUT2D eigenvalue weighted by Gasteiger charge is -2.30. The van der Waals surface area contributed by atoms with Crippen LogP contribution >= 0.6 is 0 Å². The largest absolute Gasteiger partial charge is 0.481 e. The summed E-state index contributed by atoms with van der Waals surface area (Å²) in [5.41, 5.74) is 2.12. The van der Waals surface area contributed by atoms with E-state index in [1.54, 1.807) is 4.90 Å².